The number of likely N-dealkylation sites (tertiary alicyclic amines) is 1. The molecule has 0 atom stereocenters. The largest absolute Gasteiger partial charge is 0.494 e. The van der Waals surface area contributed by atoms with Crippen molar-refractivity contribution in [2.75, 3.05) is 32.8 Å². The van der Waals surface area contributed by atoms with Gasteiger partial charge in [-0.25, -0.2) is 0 Å². The van der Waals surface area contributed by atoms with E-state index in [1.54, 1.807) is 4.90 Å². The van der Waals surface area contributed by atoms with Gasteiger partial charge in [0.2, 0.25) is 0 Å². The van der Waals surface area contributed by atoms with Crippen LogP contribution in [0.25, 0.3) is 0 Å². The third-order valence-electron chi connectivity index (χ3n) is 7.62. The van der Waals surface area contributed by atoms with Gasteiger partial charge in [0, 0.05) is 13.1 Å². The number of alkyl halides is 3. The number of guanidine groups is 1. The second kappa shape index (κ2) is 16.4. The Kier molecular flexibility index (Phi) is 12.9. The maximum atomic E-state index is 12.8. The van der Waals surface area contributed by atoms with Crippen molar-refractivity contribution in [3.05, 3.63) is 65.7 Å². The minimum atomic E-state index is -4.34. The maximum Gasteiger partial charge on any atom is 0.416 e. The van der Waals surface area contributed by atoms with Crippen LogP contribution in [0.15, 0.2) is 54.6 Å². The minimum absolute atomic E-state index is 0.0452. The van der Waals surface area contributed by atoms with E-state index < -0.39 is 11.7 Å². The molecule has 0 bridgehead atoms. The number of nitrogens with one attached hydrogen (secondary N) is 1. The molecule has 0 radical (unpaired) electrons. The Balaban J connectivity index is 1.19. The number of para-hydroxylation sites is 1. The molecule has 39 heavy (non-hydrogen) atoms. The quantitative estimate of drug-likeness (QED) is 0.132. The molecular formula is C31H45F3N4O. The maximum absolute atomic E-state index is 12.8. The van der Waals surface area contributed by atoms with Crippen LogP contribution in [0.1, 0.15) is 75.3 Å². The zero-order valence-electron chi connectivity index (χ0n) is 23.1. The highest BCUT2D eigenvalue weighted by atomic mass is 19.4. The summed E-state index contributed by atoms with van der Waals surface area (Å²) in [4.78, 5) is 4.27. The van der Waals surface area contributed by atoms with Gasteiger partial charge in [-0.3, -0.25) is 5.41 Å². The number of nitrogens with two attached hydrogens (primary N) is 1. The van der Waals surface area contributed by atoms with Gasteiger partial charge in [-0.15, -0.1) is 0 Å². The van der Waals surface area contributed by atoms with Crippen LogP contribution in [0.5, 0.6) is 5.75 Å². The van der Waals surface area contributed by atoms with Crippen LogP contribution in [0.2, 0.25) is 0 Å². The van der Waals surface area contributed by atoms with Gasteiger partial charge in [-0.2, -0.15) is 13.2 Å². The summed E-state index contributed by atoms with van der Waals surface area (Å²) >= 11 is 0. The van der Waals surface area contributed by atoms with Crippen LogP contribution in [-0.2, 0) is 12.7 Å². The molecule has 216 valence electrons. The summed E-state index contributed by atoms with van der Waals surface area (Å²) in [5.41, 5.74) is 5.80. The lowest BCUT2D eigenvalue weighted by molar-refractivity contribution is -0.137. The molecule has 0 aliphatic carbocycles. The lowest BCUT2D eigenvalue weighted by Crippen LogP contribution is -2.37. The summed E-state index contributed by atoms with van der Waals surface area (Å²) in [6, 6.07) is 15.1. The van der Waals surface area contributed by atoms with Gasteiger partial charge in [0.05, 0.1) is 12.2 Å². The Labute approximate surface area is 232 Å². The number of piperidine rings is 1. The molecule has 2 aromatic rings. The number of ether oxygens (including phenoxy) is 1. The average molecular weight is 547 g/mol. The summed E-state index contributed by atoms with van der Waals surface area (Å²) in [7, 11) is 0. The molecular weight excluding hydrogens is 501 g/mol. The lowest BCUT2D eigenvalue weighted by Gasteiger charge is -2.32. The van der Waals surface area contributed by atoms with Crippen LogP contribution < -0.4 is 10.5 Å². The second-order valence-electron chi connectivity index (χ2n) is 10.7. The third-order valence-corrected chi connectivity index (χ3v) is 7.62. The molecule has 1 aliphatic rings. The molecule has 1 saturated heterocycles. The zero-order chi connectivity index (χ0) is 27.9. The molecule has 0 aromatic heterocycles. The van der Waals surface area contributed by atoms with Crippen molar-refractivity contribution in [3.8, 4) is 5.75 Å². The summed E-state index contributed by atoms with van der Waals surface area (Å²) in [6.45, 7) is 5.14. The predicted molar refractivity (Wildman–Crippen MR) is 152 cm³/mol. The van der Waals surface area contributed by atoms with Gasteiger partial charge in [-0.05, 0) is 87.5 Å². The van der Waals surface area contributed by atoms with Crippen LogP contribution in [0, 0.1) is 11.3 Å². The standard InChI is InChI=1S/C31H45F3N4O/c32-31(33,34)28-16-14-27(15-17-28)25-38(30(35)36)21-9-8-20-37-22-18-26(19-23-37)11-5-2-1-3-10-24-39-29-12-6-4-7-13-29/h4,6-7,12-17,26H,1-3,5,8-11,18-25H2,(H3,35,36). The van der Waals surface area contributed by atoms with E-state index in [0.717, 1.165) is 74.9 Å². The van der Waals surface area contributed by atoms with Gasteiger partial charge in [0.1, 0.15) is 5.75 Å². The minimum Gasteiger partial charge on any atom is -0.494 e. The Bertz CT molecular complexity index is 945. The van der Waals surface area contributed by atoms with E-state index in [1.807, 2.05) is 30.3 Å². The van der Waals surface area contributed by atoms with Gasteiger partial charge in [0.15, 0.2) is 5.96 Å². The molecule has 2 aromatic carbocycles. The van der Waals surface area contributed by atoms with Crippen LogP contribution in [0.3, 0.4) is 0 Å². The van der Waals surface area contributed by atoms with Gasteiger partial charge in [0.25, 0.3) is 0 Å². The summed E-state index contributed by atoms with van der Waals surface area (Å²) < 4.78 is 44.1. The Morgan fingerprint density at radius 1 is 0.897 bits per heavy atom. The fraction of sp³-hybridized carbons (Fsp3) is 0.581. The molecule has 3 N–H and O–H groups in total. The first-order valence-corrected chi connectivity index (χ1v) is 14.5. The van der Waals surface area contributed by atoms with E-state index in [1.165, 1.54) is 57.1 Å². The van der Waals surface area contributed by atoms with Crippen molar-refractivity contribution in [2.24, 2.45) is 11.7 Å². The van der Waals surface area contributed by atoms with Gasteiger partial charge in [-0.1, -0.05) is 62.4 Å². The fourth-order valence-corrected chi connectivity index (χ4v) is 5.21. The van der Waals surface area contributed by atoms with Crippen LogP contribution >= 0.6 is 0 Å². The van der Waals surface area contributed by atoms with Crippen molar-refractivity contribution in [1.82, 2.24) is 9.80 Å². The van der Waals surface area contributed by atoms with E-state index in [0.29, 0.717) is 13.1 Å². The Morgan fingerprint density at radius 2 is 1.56 bits per heavy atom. The molecule has 1 aliphatic heterocycles. The molecule has 3 rings (SSSR count). The molecule has 8 heteroatoms. The first kappa shape index (κ1) is 30.8. The van der Waals surface area contributed by atoms with Crippen molar-refractivity contribution < 1.29 is 17.9 Å². The highest BCUT2D eigenvalue weighted by Gasteiger charge is 2.30. The van der Waals surface area contributed by atoms with Crippen LogP contribution in [0.4, 0.5) is 13.2 Å². The monoisotopic (exact) mass is 546 g/mol. The summed E-state index contributed by atoms with van der Waals surface area (Å²) in [6.07, 6.45) is 7.74. The number of rotatable bonds is 16. The zero-order valence-corrected chi connectivity index (χ0v) is 23.1. The number of unbranched alkanes of at least 4 members (excludes halogenated alkanes) is 5. The molecule has 0 unspecified atom stereocenters. The topological polar surface area (TPSA) is 65.6 Å². The van der Waals surface area contributed by atoms with E-state index in [2.05, 4.69) is 4.90 Å². The average Bonchev–Trinajstić information content (AvgIpc) is 2.93. The van der Waals surface area contributed by atoms with Gasteiger partial charge >= 0.3 is 6.18 Å². The third kappa shape index (κ3) is 11.9. The first-order chi connectivity index (χ1) is 18.8. The molecule has 0 spiro atoms. The predicted octanol–water partition coefficient (Wildman–Crippen LogP) is 7.31. The normalized spacial score (nSPS) is 14.8. The summed E-state index contributed by atoms with van der Waals surface area (Å²) in [5.74, 6) is 1.76. The lowest BCUT2D eigenvalue weighted by atomic mass is 9.91. The van der Waals surface area contributed by atoms with E-state index in [9.17, 15) is 13.2 Å². The number of hydrogen-bond donors (Lipinski definition) is 2. The van der Waals surface area contributed by atoms with Crippen LogP contribution in [-0.4, -0.2) is 48.5 Å². The smallest absolute Gasteiger partial charge is 0.416 e. The molecule has 5 nitrogen and oxygen atoms in total. The highest BCUT2D eigenvalue weighted by Crippen LogP contribution is 2.29. The fourth-order valence-electron chi connectivity index (χ4n) is 5.21. The number of halogens is 3. The van der Waals surface area contributed by atoms with Crippen molar-refractivity contribution in [3.63, 3.8) is 0 Å². The van der Waals surface area contributed by atoms with Gasteiger partial charge < -0.3 is 20.3 Å². The molecule has 0 saturated carbocycles. The second-order valence-corrected chi connectivity index (χ2v) is 10.7. The Morgan fingerprint density at radius 3 is 2.23 bits per heavy atom. The number of hydrogen-bond acceptors (Lipinski definition) is 3. The van der Waals surface area contributed by atoms with Crippen molar-refractivity contribution in [2.45, 2.75) is 76.9 Å². The van der Waals surface area contributed by atoms with Crippen molar-refractivity contribution >= 4 is 5.96 Å². The van der Waals surface area contributed by atoms with E-state index >= 15 is 0 Å². The highest BCUT2D eigenvalue weighted by molar-refractivity contribution is 5.74. The number of benzene rings is 2. The van der Waals surface area contributed by atoms with E-state index in [-0.39, 0.29) is 5.96 Å². The molecule has 1 heterocycles. The summed E-state index contributed by atoms with van der Waals surface area (Å²) in [5, 5.41) is 7.85. The molecule has 0 amide bonds. The van der Waals surface area contributed by atoms with E-state index in [4.69, 9.17) is 15.9 Å². The molecule has 1 fully saturated rings. The number of nitrogens with zero attached hydrogens (tertiary/aromatic N) is 2. The SMILES string of the molecule is N=C(N)N(CCCCN1CCC(CCCCCCCOc2ccccc2)CC1)Cc1ccc(C(F)(F)F)cc1. The van der Waals surface area contributed by atoms with Crippen molar-refractivity contribution in [1.29, 1.82) is 5.41 Å². The Hall–Kier alpha value is -2.74. The first-order valence-electron chi connectivity index (χ1n) is 14.5.